The highest BCUT2D eigenvalue weighted by molar-refractivity contribution is 5.90. The van der Waals surface area contributed by atoms with Gasteiger partial charge in [0.05, 0.1) is 12.1 Å². The second-order valence-electron chi connectivity index (χ2n) is 8.40. The molecule has 2 amide bonds. The molecule has 214 valence electrons. The van der Waals surface area contributed by atoms with Crippen LogP contribution in [0, 0.1) is 11.6 Å². The fourth-order valence-corrected chi connectivity index (χ4v) is 3.70. The molecule has 1 aromatic carbocycles. The van der Waals surface area contributed by atoms with Crippen molar-refractivity contribution in [3.63, 3.8) is 0 Å². The molecular formula is C29H52F2N4O2. The second-order valence-corrected chi connectivity index (χ2v) is 8.40. The van der Waals surface area contributed by atoms with Crippen molar-refractivity contribution in [2.75, 3.05) is 13.1 Å². The molecule has 0 spiro atoms. The van der Waals surface area contributed by atoms with Crippen LogP contribution >= 0.6 is 0 Å². The number of likely N-dealkylation sites (tertiary alicyclic amines) is 1. The summed E-state index contributed by atoms with van der Waals surface area (Å²) in [6.45, 7) is 20.9. The molecule has 1 aliphatic rings. The number of nitrogens with one attached hydrogen (secondary N) is 2. The van der Waals surface area contributed by atoms with Crippen molar-refractivity contribution in [1.29, 1.82) is 0 Å². The molecule has 6 nitrogen and oxygen atoms in total. The molecule has 2 unspecified atom stereocenters. The maximum atomic E-state index is 13.5. The van der Waals surface area contributed by atoms with E-state index in [1.54, 1.807) is 6.92 Å². The Morgan fingerprint density at radius 2 is 1.70 bits per heavy atom. The van der Waals surface area contributed by atoms with Gasteiger partial charge in [0.2, 0.25) is 11.8 Å². The van der Waals surface area contributed by atoms with E-state index >= 15 is 0 Å². The molecular weight excluding hydrogens is 474 g/mol. The van der Waals surface area contributed by atoms with Crippen LogP contribution in [-0.2, 0) is 16.0 Å². The number of benzene rings is 1. The molecule has 1 saturated heterocycles. The van der Waals surface area contributed by atoms with Gasteiger partial charge in [-0.15, -0.1) is 0 Å². The van der Waals surface area contributed by atoms with Gasteiger partial charge in [0, 0.05) is 18.8 Å². The van der Waals surface area contributed by atoms with E-state index < -0.39 is 29.8 Å². The average Bonchev–Trinajstić information content (AvgIpc) is 3.39. The highest BCUT2D eigenvalue weighted by atomic mass is 19.2. The highest BCUT2D eigenvalue weighted by Crippen LogP contribution is 2.19. The molecule has 1 aliphatic heterocycles. The molecule has 4 N–H and O–H groups in total. The molecule has 8 heteroatoms. The summed E-state index contributed by atoms with van der Waals surface area (Å²) in [7, 11) is 0. The van der Waals surface area contributed by atoms with E-state index in [1.165, 1.54) is 30.2 Å². The molecule has 2 rings (SSSR count). The van der Waals surface area contributed by atoms with Gasteiger partial charge in [-0.05, 0) is 50.8 Å². The second kappa shape index (κ2) is 21.6. The minimum atomic E-state index is -0.943. The molecule has 0 aromatic heterocycles. The van der Waals surface area contributed by atoms with E-state index in [0.717, 1.165) is 18.6 Å². The lowest BCUT2D eigenvalue weighted by Gasteiger charge is -2.28. The van der Waals surface area contributed by atoms with E-state index in [-0.39, 0.29) is 18.2 Å². The van der Waals surface area contributed by atoms with Crippen LogP contribution in [0.25, 0.3) is 0 Å². The van der Waals surface area contributed by atoms with Gasteiger partial charge in [-0.3, -0.25) is 9.59 Å². The van der Waals surface area contributed by atoms with Gasteiger partial charge in [0.25, 0.3) is 0 Å². The Labute approximate surface area is 224 Å². The third-order valence-corrected chi connectivity index (χ3v) is 5.50. The van der Waals surface area contributed by atoms with Crippen LogP contribution in [0.3, 0.4) is 0 Å². The summed E-state index contributed by atoms with van der Waals surface area (Å²) < 4.78 is 26.7. The zero-order valence-electron chi connectivity index (χ0n) is 24.4. The Hall–Kier alpha value is -2.48. The number of hydrogen-bond donors (Lipinski definition) is 3. The molecule has 3 atom stereocenters. The number of rotatable bonds is 10. The smallest absolute Gasteiger partial charge is 0.243 e. The van der Waals surface area contributed by atoms with Crippen molar-refractivity contribution < 1.29 is 18.4 Å². The van der Waals surface area contributed by atoms with Crippen LogP contribution in [0.1, 0.15) is 93.1 Å². The number of unbranched alkanes of at least 4 members (excludes halogenated alkanes) is 2. The van der Waals surface area contributed by atoms with Crippen molar-refractivity contribution in [3.8, 4) is 0 Å². The number of nitrogens with two attached hydrogens (primary N) is 1. The first-order valence-corrected chi connectivity index (χ1v) is 13.9. The zero-order valence-corrected chi connectivity index (χ0v) is 24.4. The van der Waals surface area contributed by atoms with Crippen molar-refractivity contribution in [2.24, 2.45) is 5.73 Å². The van der Waals surface area contributed by atoms with Gasteiger partial charge in [0.15, 0.2) is 11.6 Å². The van der Waals surface area contributed by atoms with Gasteiger partial charge in [0.1, 0.15) is 6.04 Å². The van der Waals surface area contributed by atoms with Crippen molar-refractivity contribution in [3.05, 3.63) is 47.7 Å². The predicted octanol–water partition coefficient (Wildman–Crippen LogP) is 5.70. The van der Waals surface area contributed by atoms with Crippen molar-refractivity contribution in [2.45, 2.75) is 112 Å². The highest BCUT2D eigenvalue weighted by Gasteiger charge is 2.36. The lowest BCUT2D eigenvalue weighted by Crippen LogP contribution is -2.53. The number of halogens is 2. The molecule has 0 radical (unpaired) electrons. The maximum Gasteiger partial charge on any atom is 0.243 e. The van der Waals surface area contributed by atoms with Crippen LogP contribution in [0.2, 0.25) is 0 Å². The van der Waals surface area contributed by atoms with Crippen LogP contribution in [0.4, 0.5) is 8.78 Å². The number of likely N-dealkylation sites (N-methyl/N-ethyl adjacent to an activating group) is 1. The van der Waals surface area contributed by atoms with Crippen molar-refractivity contribution >= 4 is 11.8 Å². The summed E-state index contributed by atoms with van der Waals surface area (Å²) >= 11 is 0. The minimum Gasteiger partial charge on any atom is -0.387 e. The van der Waals surface area contributed by atoms with Gasteiger partial charge in [-0.25, -0.2) is 8.78 Å². The van der Waals surface area contributed by atoms with Crippen LogP contribution in [0.5, 0.6) is 0 Å². The Balaban J connectivity index is 0. The average molecular weight is 527 g/mol. The van der Waals surface area contributed by atoms with Gasteiger partial charge in [-0.2, -0.15) is 0 Å². The van der Waals surface area contributed by atoms with E-state index in [4.69, 9.17) is 5.73 Å². The van der Waals surface area contributed by atoms with Gasteiger partial charge >= 0.3 is 0 Å². The SMILES string of the molecule is C=C(NCC)C(Cc1ccc(F)c(F)c1)NC(=O)C1CCCN1C(=O)[C@@H](C)N.CC.CC.CCCCC. The zero-order chi connectivity index (χ0) is 29.0. The first-order chi connectivity index (χ1) is 17.7. The molecule has 1 aromatic rings. The quantitative estimate of drug-likeness (QED) is 0.365. The molecule has 37 heavy (non-hydrogen) atoms. The first-order valence-electron chi connectivity index (χ1n) is 13.9. The Morgan fingerprint density at radius 1 is 1.11 bits per heavy atom. The fourth-order valence-electron chi connectivity index (χ4n) is 3.70. The Kier molecular flexibility index (Phi) is 21.4. The number of amides is 2. The van der Waals surface area contributed by atoms with E-state index in [0.29, 0.717) is 30.8 Å². The number of nitrogens with zero attached hydrogens (tertiary/aromatic N) is 1. The predicted molar refractivity (Wildman–Crippen MR) is 151 cm³/mol. The summed E-state index contributed by atoms with van der Waals surface area (Å²) in [5.41, 5.74) is 6.77. The summed E-state index contributed by atoms with van der Waals surface area (Å²) in [5, 5.41) is 5.96. The van der Waals surface area contributed by atoms with Crippen LogP contribution in [-0.4, -0.2) is 47.9 Å². The first kappa shape index (κ1) is 36.7. The summed E-state index contributed by atoms with van der Waals surface area (Å²) in [5.74, 6) is -2.44. The molecule has 1 fully saturated rings. The monoisotopic (exact) mass is 526 g/mol. The molecule has 0 saturated carbocycles. The Bertz CT molecular complexity index is 785. The summed E-state index contributed by atoms with van der Waals surface area (Å²) in [6, 6.07) is 1.82. The molecule has 0 bridgehead atoms. The molecule has 1 heterocycles. The standard InChI is InChI=1S/C20H28F2N4O2.C5H12.2C2H6/c1-4-24-13(3)17(11-14-7-8-15(21)16(22)10-14)25-19(27)18-6-5-9-26(18)20(28)12(2)23;1-3-5-4-2;2*1-2/h7-8,10,12,17-18,24H,3-6,9,11,23H2,1-2H3,(H,25,27);3-5H2,1-2H3;2*1-2H3/t12-,17?,18?;;;/m1.../s1. The normalized spacial score (nSPS) is 15.4. The lowest BCUT2D eigenvalue weighted by atomic mass is 10.0. The van der Waals surface area contributed by atoms with Gasteiger partial charge < -0.3 is 21.3 Å². The van der Waals surface area contributed by atoms with Crippen LogP contribution in [0.15, 0.2) is 30.5 Å². The van der Waals surface area contributed by atoms with E-state index in [2.05, 4.69) is 31.1 Å². The Morgan fingerprint density at radius 3 is 2.16 bits per heavy atom. The topological polar surface area (TPSA) is 87.5 Å². The lowest BCUT2D eigenvalue weighted by molar-refractivity contribution is -0.139. The summed E-state index contributed by atoms with van der Waals surface area (Å²) in [6.07, 6.45) is 5.59. The van der Waals surface area contributed by atoms with Gasteiger partial charge in [-0.1, -0.05) is 73.5 Å². The molecule has 0 aliphatic carbocycles. The van der Waals surface area contributed by atoms with Crippen molar-refractivity contribution in [1.82, 2.24) is 15.5 Å². The third-order valence-electron chi connectivity index (χ3n) is 5.50. The third kappa shape index (κ3) is 13.6. The number of carbonyl (C=O) groups is 2. The minimum absolute atomic E-state index is 0.239. The summed E-state index contributed by atoms with van der Waals surface area (Å²) in [4.78, 5) is 26.6. The number of carbonyl (C=O) groups excluding carboxylic acids is 2. The van der Waals surface area contributed by atoms with E-state index in [1.807, 2.05) is 34.6 Å². The van der Waals surface area contributed by atoms with Crippen LogP contribution < -0.4 is 16.4 Å². The fraction of sp³-hybridized carbons (Fsp3) is 0.655. The largest absolute Gasteiger partial charge is 0.387 e. The van der Waals surface area contributed by atoms with E-state index in [9.17, 15) is 18.4 Å². The number of hydrogen-bond acceptors (Lipinski definition) is 4. The maximum absolute atomic E-state index is 13.5.